The van der Waals surface area contributed by atoms with Gasteiger partial charge in [-0.05, 0) is 50.1 Å². The zero-order valence-electron chi connectivity index (χ0n) is 20.5. The lowest BCUT2D eigenvalue weighted by Gasteiger charge is -2.27. The van der Waals surface area contributed by atoms with Gasteiger partial charge in [-0.2, -0.15) is 0 Å². The number of rotatable bonds is 10. The molecule has 0 aliphatic carbocycles. The number of benzene rings is 2. The molecule has 0 fully saturated rings. The molecule has 2 heterocycles. The summed E-state index contributed by atoms with van der Waals surface area (Å²) in [6.07, 6.45) is 0.579. The Balaban J connectivity index is 1.75. The second-order valence-electron chi connectivity index (χ2n) is 8.68. The van der Waals surface area contributed by atoms with E-state index in [0.29, 0.717) is 46.1 Å². The first-order chi connectivity index (χ1) is 17.2. The normalized spacial score (nSPS) is 15.9. The maximum Gasteiger partial charge on any atom is 0.290 e. The fourth-order valence-electron chi connectivity index (χ4n) is 4.31. The van der Waals surface area contributed by atoms with Gasteiger partial charge in [-0.15, -0.1) is 0 Å². The smallest absolute Gasteiger partial charge is 0.290 e. The largest absolute Gasteiger partial charge is 0.503 e. The minimum Gasteiger partial charge on any atom is -0.503 e. The van der Waals surface area contributed by atoms with Gasteiger partial charge in [-0.1, -0.05) is 23.7 Å². The van der Waals surface area contributed by atoms with Crippen LogP contribution in [0, 0.1) is 0 Å². The van der Waals surface area contributed by atoms with Crippen molar-refractivity contribution >= 4 is 34.3 Å². The van der Waals surface area contributed by atoms with Gasteiger partial charge in [0.05, 0.1) is 31.9 Å². The lowest BCUT2D eigenvalue weighted by atomic mass is 9.94. The summed E-state index contributed by atoms with van der Waals surface area (Å²) in [5.74, 6) is -0.963. The first-order valence-corrected chi connectivity index (χ1v) is 11.9. The maximum atomic E-state index is 13.7. The van der Waals surface area contributed by atoms with E-state index in [0.717, 1.165) is 0 Å². The van der Waals surface area contributed by atoms with Gasteiger partial charge in [-0.25, -0.2) is 0 Å². The molecule has 1 N–H and O–H groups in total. The lowest BCUT2D eigenvalue weighted by Crippen LogP contribution is -2.32. The number of hydrogen-bond donors (Lipinski definition) is 1. The second-order valence-corrected chi connectivity index (χ2v) is 9.12. The van der Waals surface area contributed by atoms with Crippen molar-refractivity contribution in [1.82, 2.24) is 4.90 Å². The van der Waals surface area contributed by atoms with Crippen LogP contribution in [0.2, 0.25) is 5.02 Å². The van der Waals surface area contributed by atoms with Gasteiger partial charge in [0.25, 0.3) is 5.91 Å². The van der Waals surface area contributed by atoms with Gasteiger partial charge < -0.3 is 28.6 Å². The molecule has 0 spiro atoms. The third-order valence-corrected chi connectivity index (χ3v) is 6.16. The molecule has 2 aromatic carbocycles. The standard InChI is InChI=1S/C27H28ClNO7/c1-15(2)35-10-6-9-29-23(16-7-5-8-19(12-16)33-3)22(25(31)27(29)32)24(30)20-13-17-11-18(28)14-21(34-4)26(17)36-20/h5,7-8,11-15,23,31H,6,9-10H2,1-4H3. The molecule has 3 aromatic rings. The third-order valence-electron chi connectivity index (χ3n) is 5.94. The van der Waals surface area contributed by atoms with Crippen molar-refractivity contribution in [3.8, 4) is 11.5 Å². The van der Waals surface area contributed by atoms with E-state index < -0.39 is 23.5 Å². The molecule has 1 atom stereocenters. The van der Waals surface area contributed by atoms with Crippen molar-refractivity contribution in [1.29, 1.82) is 0 Å². The molecule has 1 aliphatic heterocycles. The van der Waals surface area contributed by atoms with Crippen LogP contribution < -0.4 is 9.47 Å². The zero-order valence-corrected chi connectivity index (χ0v) is 21.3. The van der Waals surface area contributed by atoms with Gasteiger partial charge in [0.2, 0.25) is 5.78 Å². The number of hydrogen-bond acceptors (Lipinski definition) is 7. The van der Waals surface area contributed by atoms with Crippen LogP contribution in [0.25, 0.3) is 11.0 Å². The fourth-order valence-corrected chi connectivity index (χ4v) is 4.53. The Hall–Kier alpha value is -3.49. The summed E-state index contributed by atoms with van der Waals surface area (Å²) >= 11 is 6.16. The van der Waals surface area contributed by atoms with Gasteiger partial charge in [0, 0.05) is 29.6 Å². The molecule has 0 bridgehead atoms. The minimum atomic E-state index is -0.835. The monoisotopic (exact) mass is 513 g/mol. The van der Waals surface area contributed by atoms with Crippen molar-refractivity contribution < 1.29 is 33.3 Å². The SMILES string of the molecule is COc1cccc(C2C(C(=O)c3cc4cc(Cl)cc(OC)c4o3)=C(O)C(=O)N2CCCOC(C)C)c1. The Morgan fingerprint density at radius 3 is 2.64 bits per heavy atom. The molecular formula is C27H28ClNO7. The second kappa shape index (κ2) is 10.6. The molecule has 1 aliphatic rings. The van der Waals surface area contributed by atoms with E-state index >= 15 is 0 Å². The molecule has 0 saturated heterocycles. The number of furan rings is 1. The van der Waals surface area contributed by atoms with Crippen LogP contribution >= 0.6 is 11.6 Å². The number of halogens is 1. The number of nitrogens with zero attached hydrogens (tertiary/aromatic N) is 1. The Morgan fingerprint density at radius 1 is 1.17 bits per heavy atom. The predicted molar refractivity (Wildman–Crippen MR) is 135 cm³/mol. The Morgan fingerprint density at radius 2 is 1.94 bits per heavy atom. The molecular weight excluding hydrogens is 486 g/mol. The predicted octanol–water partition coefficient (Wildman–Crippen LogP) is 5.50. The highest BCUT2D eigenvalue weighted by Crippen LogP contribution is 2.41. The number of aliphatic hydroxyl groups excluding tert-OH is 1. The molecule has 1 amide bonds. The van der Waals surface area contributed by atoms with Gasteiger partial charge >= 0.3 is 0 Å². The Labute approximate surface area is 214 Å². The number of ketones is 1. The number of fused-ring (bicyclic) bond motifs is 1. The van der Waals surface area contributed by atoms with Crippen LogP contribution in [-0.4, -0.2) is 55.2 Å². The van der Waals surface area contributed by atoms with E-state index in [1.165, 1.54) is 25.2 Å². The molecule has 0 radical (unpaired) electrons. The van der Waals surface area contributed by atoms with Crippen LogP contribution in [-0.2, 0) is 9.53 Å². The van der Waals surface area contributed by atoms with Gasteiger partial charge in [-0.3, -0.25) is 9.59 Å². The maximum absolute atomic E-state index is 13.7. The number of carbonyl (C=O) groups excluding carboxylic acids is 2. The highest BCUT2D eigenvalue weighted by molar-refractivity contribution is 6.31. The van der Waals surface area contributed by atoms with Crippen LogP contribution in [0.3, 0.4) is 0 Å². The van der Waals surface area contributed by atoms with Crippen molar-refractivity contribution in [2.75, 3.05) is 27.4 Å². The lowest BCUT2D eigenvalue weighted by molar-refractivity contribution is -0.129. The quantitative estimate of drug-likeness (QED) is 0.282. The molecule has 36 heavy (non-hydrogen) atoms. The average molecular weight is 514 g/mol. The van der Waals surface area contributed by atoms with Crippen molar-refractivity contribution in [3.05, 3.63) is 70.1 Å². The summed E-state index contributed by atoms with van der Waals surface area (Å²) in [5, 5.41) is 11.9. The topological polar surface area (TPSA) is 98.4 Å². The fraction of sp³-hybridized carbons (Fsp3) is 0.333. The van der Waals surface area contributed by atoms with E-state index in [1.807, 2.05) is 13.8 Å². The van der Waals surface area contributed by atoms with E-state index in [1.54, 1.807) is 36.4 Å². The van der Waals surface area contributed by atoms with Crippen molar-refractivity contribution in [3.63, 3.8) is 0 Å². The summed E-state index contributed by atoms with van der Waals surface area (Å²) in [5.41, 5.74) is 0.897. The van der Waals surface area contributed by atoms with Crippen LogP contribution in [0.4, 0.5) is 0 Å². The van der Waals surface area contributed by atoms with E-state index in [-0.39, 0.29) is 24.0 Å². The third kappa shape index (κ3) is 4.92. The number of aliphatic hydroxyl groups is 1. The molecule has 9 heteroatoms. The number of carbonyl (C=O) groups is 2. The van der Waals surface area contributed by atoms with Gasteiger partial charge in [0.15, 0.2) is 22.9 Å². The summed E-state index contributed by atoms with van der Waals surface area (Å²) in [6, 6.07) is 11.0. The number of Topliss-reactive ketones (excluding diaryl/α,β-unsaturated/α-hetero) is 1. The Bertz CT molecular complexity index is 1330. The number of amides is 1. The van der Waals surface area contributed by atoms with Crippen molar-refractivity contribution in [2.24, 2.45) is 0 Å². The van der Waals surface area contributed by atoms with E-state index in [9.17, 15) is 14.7 Å². The highest BCUT2D eigenvalue weighted by atomic mass is 35.5. The molecule has 1 aromatic heterocycles. The summed E-state index contributed by atoms with van der Waals surface area (Å²) < 4.78 is 22.1. The molecule has 4 rings (SSSR count). The summed E-state index contributed by atoms with van der Waals surface area (Å²) in [7, 11) is 3.01. The van der Waals surface area contributed by atoms with E-state index in [2.05, 4.69) is 0 Å². The Kier molecular flexibility index (Phi) is 7.56. The molecule has 8 nitrogen and oxygen atoms in total. The average Bonchev–Trinajstić information content (AvgIpc) is 3.40. The first kappa shape index (κ1) is 25.6. The summed E-state index contributed by atoms with van der Waals surface area (Å²) in [4.78, 5) is 28.4. The van der Waals surface area contributed by atoms with Crippen LogP contribution in [0.15, 0.2) is 58.2 Å². The molecule has 1 unspecified atom stereocenters. The van der Waals surface area contributed by atoms with Crippen LogP contribution in [0.5, 0.6) is 11.5 Å². The van der Waals surface area contributed by atoms with Gasteiger partial charge in [0.1, 0.15) is 5.75 Å². The molecule has 190 valence electrons. The number of ether oxygens (including phenoxy) is 3. The minimum absolute atomic E-state index is 0.0437. The zero-order chi connectivity index (χ0) is 26.0. The molecule has 0 saturated carbocycles. The van der Waals surface area contributed by atoms with Crippen LogP contribution in [0.1, 0.15) is 42.4 Å². The summed E-state index contributed by atoms with van der Waals surface area (Å²) in [6.45, 7) is 4.57. The van der Waals surface area contributed by atoms with E-state index in [4.69, 9.17) is 30.2 Å². The number of methoxy groups -OCH3 is 2. The van der Waals surface area contributed by atoms with Crippen molar-refractivity contribution in [2.45, 2.75) is 32.4 Å². The first-order valence-electron chi connectivity index (χ1n) is 11.6. The highest BCUT2D eigenvalue weighted by Gasteiger charge is 2.44.